The first-order valence-electron chi connectivity index (χ1n) is 6.24. The second-order valence-electron chi connectivity index (χ2n) is 4.63. The minimum atomic E-state index is -0.202. The van der Waals surface area contributed by atoms with Crippen molar-refractivity contribution in [3.8, 4) is 5.75 Å². The third kappa shape index (κ3) is 2.81. The number of carbonyl (C=O) groups is 2. The smallest absolute Gasteiger partial charge is 0.230 e. The van der Waals surface area contributed by atoms with Gasteiger partial charge < -0.3 is 4.74 Å². The fourth-order valence-corrected chi connectivity index (χ4v) is 3.10. The van der Waals surface area contributed by atoms with Gasteiger partial charge in [-0.3, -0.25) is 14.9 Å². The molecule has 0 radical (unpaired) electrons. The number of halogens is 1. The highest BCUT2D eigenvalue weighted by atomic mass is 79.9. The molecule has 1 aliphatic rings. The Morgan fingerprint density at radius 2 is 2.16 bits per heavy atom. The predicted octanol–water partition coefficient (Wildman–Crippen LogP) is 2.61. The summed E-state index contributed by atoms with van der Waals surface area (Å²) in [6, 6.07) is 5.70. The fraction of sp³-hybridized carbons (Fsp3) is 0.429. The van der Waals surface area contributed by atoms with Crippen LogP contribution < -0.4 is 10.1 Å². The first-order valence-corrected chi connectivity index (χ1v) is 7.03. The van der Waals surface area contributed by atoms with Crippen molar-refractivity contribution in [2.24, 2.45) is 5.92 Å². The van der Waals surface area contributed by atoms with Crippen LogP contribution >= 0.6 is 15.9 Å². The van der Waals surface area contributed by atoms with E-state index in [1.54, 1.807) is 7.11 Å². The number of amides is 2. The highest BCUT2D eigenvalue weighted by molar-refractivity contribution is 9.10. The summed E-state index contributed by atoms with van der Waals surface area (Å²) < 4.78 is 6.02. The zero-order valence-corrected chi connectivity index (χ0v) is 12.5. The Labute approximate surface area is 120 Å². The molecule has 5 heteroatoms. The van der Waals surface area contributed by atoms with Crippen molar-refractivity contribution in [1.29, 1.82) is 0 Å². The van der Waals surface area contributed by atoms with Crippen LogP contribution in [0.2, 0.25) is 0 Å². The summed E-state index contributed by atoms with van der Waals surface area (Å²) in [6.07, 6.45) is 1.07. The zero-order valence-electron chi connectivity index (χ0n) is 10.9. The van der Waals surface area contributed by atoms with Crippen molar-refractivity contribution in [1.82, 2.24) is 5.32 Å². The Morgan fingerprint density at radius 3 is 2.74 bits per heavy atom. The Balaban J connectivity index is 2.35. The van der Waals surface area contributed by atoms with Gasteiger partial charge in [0.1, 0.15) is 5.75 Å². The summed E-state index contributed by atoms with van der Waals surface area (Å²) in [6.45, 7) is 1.96. The van der Waals surface area contributed by atoms with Gasteiger partial charge in [0.25, 0.3) is 0 Å². The molecule has 2 rings (SSSR count). The molecule has 1 heterocycles. The molecule has 102 valence electrons. The van der Waals surface area contributed by atoms with Gasteiger partial charge in [0.15, 0.2) is 0 Å². The van der Waals surface area contributed by atoms with Crippen LogP contribution in [-0.2, 0) is 9.59 Å². The molecule has 4 nitrogen and oxygen atoms in total. The number of hydrogen-bond acceptors (Lipinski definition) is 3. The normalized spacial score (nSPS) is 23.1. The molecule has 19 heavy (non-hydrogen) atoms. The van der Waals surface area contributed by atoms with Gasteiger partial charge in [0.05, 0.1) is 11.6 Å². The average molecular weight is 326 g/mol. The van der Waals surface area contributed by atoms with E-state index in [4.69, 9.17) is 4.74 Å². The maximum atomic E-state index is 11.9. The summed E-state index contributed by atoms with van der Waals surface area (Å²) in [5.74, 6) is 0.150. The molecule has 1 aromatic rings. The SMILES string of the molecule is CCC1C(=O)NC(=O)CC1c1ccc(OC)c(Br)c1. The largest absolute Gasteiger partial charge is 0.496 e. The standard InChI is InChI=1S/C14H16BrNO3/c1-3-9-10(7-13(17)16-14(9)18)8-4-5-12(19-2)11(15)6-8/h4-6,9-10H,3,7H2,1-2H3,(H,16,17,18). The number of methoxy groups -OCH3 is 1. The quantitative estimate of drug-likeness (QED) is 0.869. The number of rotatable bonds is 3. The zero-order chi connectivity index (χ0) is 14.0. The Kier molecular flexibility index (Phi) is 4.24. The van der Waals surface area contributed by atoms with Gasteiger partial charge in [-0.25, -0.2) is 0 Å². The molecule has 1 N–H and O–H groups in total. The van der Waals surface area contributed by atoms with Crippen LogP contribution in [0.5, 0.6) is 5.75 Å². The van der Waals surface area contributed by atoms with Gasteiger partial charge >= 0.3 is 0 Å². The second-order valence-corrected chi connectivity index (χ2v) is 5.49. The highest BCUT2D eigenvalue weighted by Gasteiger charge is 2.35. The van der Waals surface area contributed by atoms with E-state index >= 15 is 0 Å². The van der Waals surface area contributed by atoms with E-state index in [-0.39, 0.29) is 23.7 Å². The molecule has 0 spiro atoms. The molecule has 1 fully saturated rings. The summed E-state index contributed by atoms with van der Waals surface area (Å²) >= 11 is 3.44. The first-order chi connectivity index (χ1) is 9.06. The van der Waals surface area contributed by atoms with E-state index in [9.17, 15) is 9.59 Å². The maximum Gasteiger partial charge on any atom is 0.230 e. The third-order valence-corrected chi connectivity index (χ3v) is 4.15. The molecule has 0 aromatic heterocycles. The molecule has 1 saturated heterocycles. The van der Waals surface area contributed by atoms with Crippen LogP contribution in [0, 0.1) is 5.92 Å². The van der Waals surface area contributed by atoms with Gasteiger partial charge in [-0.05, 0) is 40.0 Å². The summed E-state index contributed by atoms with van der Waals surface area (Å²) in [5.41, 5.74) is 0.989. The molecular formula is C14H16BrNO3. The average Bonchev–Trinajstić information content (AvgIpc) is 2.37. The lowest BCUT2D eigenvalue weighted by Crippen LogP contribution is -2.44. The van der Waals surface area contributed by atoms with Crippen LogP contribution in [0.15, 0.2) is 22.7 Å². The van der Waals surface area contributed by atoms with Gasteiger partial charge in [-0.1, -0.05) is 13.0 Å². The van der Waals surface area contributed by atoms with Crippen LogP contribution in [0.1, 0.15) is 31.2 Å². The van der Waals surface area contributed by atoms with Gasteiger partial charge in [0.2, 0.25) is 11.8 Å². The predicted molar refractivity (Wildman–Crippen MR) is 75.0 cm³/mol. The first kappa shape index (κ1) is 14.1. The molecule has 0 saturated carbocycles. The Morgan fingerprint density at radius 1 is 1.42 bits per heavy atom. The molecule has 2 unspecified atom stereocenters. The van der Waals surface area contributed by atoms with E-state index < -0.39 is 0 Å². The molecule has 2 atom stereocenters. The molecule has 1 aromatic carbocycles. The van der Waals surface area contributed by atoms with Crippen molar-refractivity contribution in [3.05, 3.63) is 28.2 Å². The lowest BCUT2D eigenvalue weighted by molar-refractivity contribution is -0.137. The van der Waals surface area contributed by atoms with E-state index in [1.165, 1.54) is 0 Å². The maximum absolute atomic E-state index is 11.9. The molecule has 1 aliphatic heterocycles. The number of benzene rings is 1. The summed E-state index contributed by atoms with van der Waals surface area (Å²) in [7, 11) is 1.60. The van der Waals surface area contributed by atoms with Gasteiger partial charge in [-0.15, -0.1) is 0 Å². The summed E-state index contributed by atoms with van der Waals surface area (Å²) in [5, 5.41) is 2.40. The number of imide groups is 1. The van der Waals surface area contributed by atoms with E-state index in [0.717, 1.165) is 15.8 Å². The number of nitrogens with one attached hydrogen (secondary N) is 1. The monoisotopic (exact) mass is 325 g/mol. The molecule has 0 bridgehead atoms. The third-order valence-electron chi connectivity index (χ3n) is 3.53. The van der Waals surface area contributed by atoms with Crippen molar-refractivity contribution < 1.29 is 14.3 Å². The lowest BCUT2D eigenvalue weighted by atomic mass is 9.79. The van der Waals surface area contributed by atoms with E-state index in [0.29, 0.717) is 12.8 Å². The highest BCUT2D eigenvalue weighted by Crippen LogP contribution is 2.36. The molecular weight excluding hydrogens is 310 g/mol. The van der Waals surface area contributed by atoms with E-state index in [2.05, 4.69) is 21.2 Å². The number of carbonyl (C=O) groups excluding carboxylic acids is 2. The summed E-state index contributed by atoms with van der Waals surface area (Å²) in [4.78, 5) is 23.4. The molecule has 2 amide bonds. The topological polar surface area (TPSA) is 55.4 Å². The van der Waals surface area contributed by atoms with Gasteiger partial charge in [0, 0.05) is 18.3 Å². The number of ether oxygens (including phenoxy) is 1. The lowest BCUT2D eigenvalue weighted by Gasteiger charge is -2.29. The number of piperidine rings is 1. The van der Waals surface area contributed by atoms with Gasteiger partial charge in [-0.2, -0.15) is 0 Å². The number of hydrogen-bond donors (Lipinski definition) is 1. The molecule has 0 aliphatic carbocycles. The Bertz CT molecular complexity index is 515. The minimum Gasteiger partial charge on any atom is -0.496 e. The fourth-order valence-electron chi connectivity index (χ4n) is 2.54. The van der Waals surface area contributed by atoms with Crippen LogP contribution in [0.3, 0.4) is 0 Å². The van der Waals surface area contributed by atoms with Crippen LogP contribution in [0.25, 0.3) is 0 Å². The van der Waals surface area contributed by atoms with Crippen molar-refractivity contribution in [2.45, 2.75) is 25.7 Å². The second kappa shape index (κ2) is 5.74. The van der Waals surface area contributed by atoms with Crippen molar-refractivity contribution >= 4 is 27.7 Å². The Hall–Kier alpha value is -1.36. The van der Waals surface area contributed by atoms with E-state index in [1.807, 2.05) is 25.1 Å². The van der Waals surface area contributed by atoms with Crippen LogP contribution in [-0.4, -0.2) is 18.9 Å². The van der Waals surface area contributed by atoms with Crippen LogP contribution in [0.4, 0.5) is 0 Å². The minimum absolute atomic E-state index is 0.0616. The van der Waals surface area contributed by atoms with Crippen molar-refractivity contribution in [2.75, 3.05) is 7.11 Å². The van der Waals surface area contributed by atoms with Crippen molar-refractivity contribution in [3.63, 3.8) is 0 Å².